The van der Waals surface area contributed by atoms with Crippen molar-refractivity contribution in [3.8, 4) is 32.3 Å². The lowest BCUT2D eigenvalue weighted by atomic mass is 9.96. The molecule has 5 heteroatoms. The minimum atomic E-state index is 0.979. The highest BCUT2D eigenvalue weighted by atomic mass is 32.1. The Kier molecular flexibility index (Phi) is 8.26. The first-order valence-corrected chi connectivity index (χ1v) is 22.8. The summed E-state index contributed by atoms with van der Waals surface area (Å²) in [6.07, 6.45) is 0. The fourth-order valence-electron chi connectivity index (χ4n) is 9.36. The Labute approximate surface area is 371 Å². The van der Waals surface area contributed by atoms with Crippen molar-refractivity contribution in [1.29, 1.82) is 0 Å². The van der Waals surface area contributed by atoms with Crippen LogP contribution >= 0.6 is 22.7 Å². The number of nitrogens with zero attached hydrogens (tertiary/aromatic N) is 3. The highest BCUT2D eigenvalue weighted by Gasteiger charge is 2.19. The van der Waals surface area contributed by atoms with Crippen molar-refractivity contribution in [3.05, 3.63) is 212 Å². The summed E-state index contributed by atoms with van der Waals surface area (Å²) < 4.78 is 2.31. The number of hydrogen-bond donors (Lipinski definition) is 0. The number of fused-ring (bicyclic) bond motifs is 8. The van der Waals surface area contributed by atoms with E-state index in [1.54, 1.807) is 22.7 Å². The van der Waals surface area contributed by atoms with E-state index >= 15 is 0 Å². The predicted molar refractivity (Wildman–Crippen MR) is 271 cm³/mol. The largest absolute Gasteiger partial charge is 0.310 e. The van der Waals surface area contributed by atoms with Gasteiger partial charge in [-0.2, -0.15) is 0 Å². The number of aromatic nitrogens is 2. The zero-order valence-corrected chi connectivity index (χ0v) is 35.5. The van der Waals surface area contributed by atoms with E-state index in [0.29, 0.717) is 0 Å². The van der Waals surface area contributed by atoms with Gasteiger partial charge in [-0.1, -0.05) is 152 Å². The molecule has 13 rings (SSSR count). The van der Waals surface area contributed by atoms with E-state index in [1.165, 1.54) is 65.0 Å². The van der Waals surface area contributed by atoms with Gasteiger partial charge in [-0.15, -0.1) is 22.7 Å². The maximum atomic E-state index is 5.28. The van der Waals surface area contributed by atoms with Crippen LogP contribution in [0.2, 0.25) is 0 Å². The molecule has 3 nitrogen and oxygen atoms in total. The first-order chi connectivity index (χ1) is 31.2. The molecular formula is C58H35N3S2. The molecule has 0 bridgehead atoms. The normalized spacial score (nSPS) is 11.8. The highest BCUT2D eigenvalue weighted by Crippen LogP contribution is 2.43. The molecule has 63 heavy (non-hydrogen) atoms. The third-order valence-electron chi connectivity index (χ3n) is 12.5. The van der Waals surface area contributed by atoms with Crippen LogP contribution < -0.4 is 4.90 Å². The summed E-state index contributed by atoms with van der Waals surface area (Å²) in [6, 6.07) is 77.1. The molecule has 11 aromatic carbocycles. The van der Waals surface area contributed by atoms with Crippen molar-refractivity contribution in [1.82, 2.24) is 9.97 Å². The van der Waals surface area contributed by atoms with Crippen LogP contribution in [0.25, 0.3) is 107 Å². The molecule has 0 fully saturated rings. The van der Waals surface area contributed by atoms with Crippen LogP contribution in [-0.4, -0.2) is 9.97 Å². The van der Waals surface area contributed by atoms with Crippen LogP contribution in [0.1, 0.15) is 0 Å². The lowest BCUT2D eigenvalue weighted by Crippen LogP contribution is -2.09. The molecule has 0 aliphatic heterocycles. The van der Waals surface area contributed by atoms with E-state index in [0.717, 1.165) is 58.6 Å². The summed E-state index contributed by atoms with van der Waals surface area (Å²) in [6.45, 7) is 0. The van der Waals surface area contributed by atoms with Crippen LogP contribution in [0.4, 0.5) is 17.1 Å². The van der Waals surface area contributed by atoms with Crippen molar-refractivity contribution in [2.45, 2.75) is 0 Å². The van der Waals surface area contributed by atoms with Gasteiger partial charge in [-0.3, -0.25) is 0 Å². The number of benzene rings is 11. The van der Waals surface area contributed by atoms with E-state index < -0.39 is 0 Å². The first kappa shape index (κ1) is 36.0. The smallest absolute Gasteiger partial charge is 0.125 e. The van der Waals surface area contributed by atoms with Gasteiger partial charge in [0.25, 0.3) is 0 Å². The molecule has 0 atom stereocenters. The monoisotopic (exact) mass is 837 g/mol. The minimum absolute atomic E-state index is 0.979. The highest BCUT2D eigenvalue weighted by molar-refractivity contribution is 7.22. The molecule has 294 valence electrons. The number of anilines is 3. The van der Waals surface area contributed by atoms with Gasteiger partial charge < -0.3 is 4.90 Å². The second-order valence-electron chi connectivity index (χ2n) is 16.2. The van der Waals surface area contributed by atoms with Gasteiger partial charge in [0.1, 0.15) is 10.0 Å². The van der Waals surface area contributed by atoms with E-state index in [2.05, 4.69) is 217 Å². The summed E-state index contributed by atoms with van der Waals surface area (Å²) >= 11 is 3.49. The summed E-state index contributed by atoms with van der Waals surface area (Å²) in [5, 5.41) is 14.3. The van der Waals surface area contributed by atoms with Gasteiger partial charge in [0.05, 0.1) is 20.4 Å². The lowest BCUT2D eigenvalue weighted by molar-refractivity contribution is 1.29. The average molecular weight is 838 g/mol. The standard InChI is InChI=1S/C58H35N3S2/c1-2-12-39-31-40(20-19-36(39)9-1)41-23-27-49-42(32-41)21-22-43-33-44(24-28-50(43)49)61(45-25-29-55-53(34-45)59-57(62-55)51-17-7-13-37-10-3-5-15-47(37)51)46-26-30-56-54(35-46)60-58(63-56)52-18-8-14-38-11-4-6-16-48(38)52/h1-35H. The molecule has 0 radical (unpaired) electrons. The molecular weight excluding hydrogens is 803 g/mol. The zero-order valence-electron chi connectivity index (χ0n) is 33.9. The SMILES string of the molecule is c1ccc2cc(-c3ccc4c(ccc5cc(N(c6ccc7sc(-c8cccc9ccccc89)nc7c6)c6ccc7sc(-c8cccc9ccccc89)nc7c6)ccc54)c3)ccc2c1. The number of thiazole rings is 2. The Bertz CT molecular complexity index is 3790. The van der Waals surface area contributed by atoms with Crippen LogP contribution in [0.15, 0.2) is 212 Å². The summed E-state index contributed by atoms with van der Waals surface area (Å²) in [4.78, 5) is 12.9. The molecule has 0 aliphatic rings. The molecule has 0 aliphatic carbocycles. The quantitative estimate of drug-likeness (QED) is 0.156. The zero-order chi connectivity index (χ0) is 41.4. The first-order valence-electron chi connectivity index (χ1n) is 21.2. The van der Waals surface area contributed by atoms with E-state index in [4.69, 9.17) is 9.97 Å². The molecule has 0 unspecified atom stereocenters. The van der Waals surface area contributed by atoms with Gasteiger partial charge in [0.2, 0.25) is 0 Å². The van der Waals surface area contributed by atoms with Crippen LogP contribution in [-0.2, 0) is 0 Å². The van der Waals surface area contributed by atoms with Crippen molar-refractivity contribution >= 4 is 114 Å². The molecule has 0 spiro atoms. The number of hydrogen-bond acceptors (Lipinski definition) is 5. The van der Waals surface area contributed by atoms with Gasteiger partial charge in [0, 0.05) is 28.2 Å². The minimum Gasteiger partial charge on any atom is -0.310 e. The van der Waals surface area contributed by atoms with Gasteiger partial charge in [-0.05, 0) is 126 Å². The molecule has 0 saturated heterocycles. The van der Waals surface area contributed by atoms with Gasteiger partial charge in [-0.25, -0.2) is 9.97 Å². The maximum Gasteiger partial charge on any atom is 0.125 e. The van der Waals surface area contributed by atoms with Crippen molar-refractivity contribution in [2.24, 2.45) is 0 Å². The summed E-state index contributed by atoms with van der Waals surface area (Å²) in [5.74, 6) is 0. The maximum absolute atomic E-state index is 5.28. The molecule has 0 N–H and O–H groups in total. The van der Waals surface area contributed by atoms with E-state index in [-0.39, 0.29) is 0 Å². The van der Waals surface area contributed by atoms with Crippen molar-refractivity contribution < 1.29 is 0 Å². The van der Waals surface area contributed by atoms with Gasteiger partial charge >= 0.3 is 0 Å². The Morgan fingerprint density at radius 1 is 0.302 bits per heavy atom. The van der Waals surface area contributed by atoms with E-state index in [9.17, 15) is 0 Å². The lowest BCUT2D eigenvalue weighted by Gasteiger charge is -2.26. The Balaban J connectivity index is 0.939. The fraction of sp³-hybridized carbons (Fsp3) is 0. The van der Waals surface area contributed by atoms with Gasteiger partial charge in [0.15, 0.2) is 0 Å². The fourth-order valence-corrected chi connectivity index (χ4v) is 11.3. The topological polar surface area (TPSA) is 29.0 Å². The van der Waals surface area contributed by atoms with Crippen LogP contribution in [0, 0.1) is 0 Å². The van der Waals surface area contributed by atoms with Crippen LogP contribution in [0.3, 0.4) is 0 Å². The molecule has 2 heterocycles. The number of rotatable bonds is 6. The van der Waals surface area contributed by atoms with Crippen molar-refractivity contribution in [3.63, 3.8) is 0 Å². The Hall–Kier alpha value is -7.70. The predicted octanol–water partition coefficient (Wildman–Crippen LogP) is 17.1. The second kappa shape index (κ2) is 14.5. The van der Waals surface area contributed by atoms with E-state index in [1.807, 2.05) is 0 Å². The molecule has 0 amide bonds. The average Bonchev–Trinajstić information content (AvgIpc) is 3.97. The van der Waals surface area contributed by atoms with Crippen LogP contribution in [0.5, 0.6) is 0 Å². The Morgan fingerprint density at radius 3 is 1.37 bits per heavy atom. The third-order valence-corrected chi connectivity index (χ3v) is 14.6. The molecule has 2 aromatic heterocycles. The van der Waals surface area contributed by atoms with Crippen molar-refractivity contribution in [2.75, 3.05) is 4.90 Å². The second-order valence-corrected chi connectivity index (χ2v) is 18.3. The molecule has 13 aromatic rings. The Morgan fingerprint density at radius 2 is 0.746 bits per heavy atom. The summed E-state index contributed by atoms with van der Waals surface area (Å²) in [7, 11) is 0. The summed E-state index contributed by atoms with van der Waals surface area (Å²) in [5.41, 5.74) is 9.89. The molecule has 0 saturated carbocycles. The third kappa shape index (κ3) is 6.16.